The molecule has 0 aliphatic carbocycles. The summed E-state index contributed by atoms with van der Waals surface area (Å²) in [5, 5.41) is 4.03. The van der Waals surface area contributed by atoms with Gasteiger partial charge in [0.2, 0.25) is 10.0 Å². The van der Waals surface area contributed by atoms with Crippen molar-refractivity contribution in [2.75, 3.05) is 13.6 Å². The molecule has 7 nitrogen and oxygen atoms in total. The molecule has 0 bridgehead atoms. The molecule has 0 aliphatic rings. The molecule has 0 radical (unpaired) electrons. The number of aromatic nitrogens is 2. The Morgan fingerprint density at radius 2 is 2.30 bits per heavy atom. The second-order valence-corrected chi connectivity index (χ2v) is 6.47. The highest BCUT2D eigenvalue weighted by atomic mass is 32.2. The van der Waals surface area contributed by atoms with Gasteiger partial charge in [-0.25, -0.2) is 8.42 Å². The van der Waals surface area contributed by atoms with E-state index < -0.39 is 10.0 Å². The van der Waals surface area contributed by atoms with Gasteiger partial charge in [-0.3, -0.25) is 4.68 Å². The van der Waals surface area contributed by atoms with Crippen molar-refractivity contribution in [3.8, 4) is 0 Å². The minimum Gasteiger partial charge on any atom is -0.468 e. The zero-order chi connectivity index (χ0) is 14.6. The number of rotatable bonds is 7. The van der Waals surface area contributed by atoms with E-state index in [1.807, 2.05) is 0 Å². The largest absolute Gasteiger partial charge is 0.468 e. The molecule has 0 atom stereocenters. The highest BCUT2D eigenvalue weighted by Crippen LogP contribution is 2.16. The summed E-state index contributed by atoms with van der Waals surface area (Å²) >= 11 is 0. The van der Waals surface area contributed by atoms with E-state index in [-0.39, 0.29) is 11.4 Å². The van der Waals surface area contributed by atoms with Crippen molar-refractivity contribution in [1.82, 2.24) is 14.1 Å². The minimum absolute atomic E-state index is 0.170. The number of aryl methyl sites for hydroxylation is 1. The van der Waals surface area contributed by atoms with E-state index in [9.17, 15) is 8.42 Å². The van der Waals surface area contributed by atoms with Crippen molar-refractivity contribution in [3.63, 3.8) is 0 Å². The average Bonchev–Trinajstić information content (AvgIpc) is 3.07. The summed E-state index contributed by atoms with van der Waals surface area (Å²) in [5.74, 6) is 0.589. The quantitative estimate of drug-likeness (QED) is 0.809. The maximum atomic E-state index is 12.4. The van der Waals surface area contributed by atoms with Crippen LogP contribution >= 0.6 is 0 Å². The predicted octanol–water partition coefficient (Wildman–Crippen LogP) is 0.646. The van der Waals surface area contributed by atoms with Gasteiger partial charge in [0.1, 0.15) is 10.7 Å². The second kappa shape index (κ2) is 6.21. The van der Waals surface area contributed by atoms with Gasteiger partial charge in [-0.2, -0.15) is 9.40 Å². The summed E-state index contributed by atoms with van der Waals surface area (Å²) in [4.78, 5) is 0.170. The lowest BCUT2D eigenvalue weighted by atomic mass is 10.4. The van der Waals surface area contributed by atoms with Gasteiger partial charge in [0.05, 0.1) is 19.0 Å². The van der Waals surface area contributed by atoms with Crippen LogP contribution in [-0.2, 0) is 23.1 Å². The molecule has 0 fully saturated rings. The first-order chi connectivity index (χ1) is 9.54. The van der Waals surface area contributed by atoms with Crippen molar-refractivity contribution >= 4 is 10.0 Å². The van der Waals surface area contributed by atoms with Crippen LogP contribution in [-0.4, -0.2) is 36.1 Å². The lowest BCUT2D eigenvalue weighted by Crippen LogP contribution is -2.26. The molecule has 2 N–H and O–H groups in total. The molecule has 110 valence electrons. The zero-order valence-electron chi connectivity index (χ0n) is 11.3. The SMILES string of the molecule is CN(Cc1ccco1)S(=O)(=O)c1cnn(CCCN)c1. The van der Waals surface area contributed by atoms with Crippen molar-refractivity contribution < 1.29 is 12.8 Å². The summed E-state index contributed by atoms with van der Waals surface area (Å²) in [5.41, 5.74) is 5.41. The van der Waals surface area contributed by atoms with Crippen LogP contribution in [0.15, 0.2) is 40.1 Å². The third-order valence-corrected chi connectivity index (χ3v) is 4.62. The summed E-state index contributed by atoms with van der Waals surface area (Å²) in [6, 6.07) is 3.46. The smallest absolute Gasteiger partial charge is 0.246 e. The van der Waals surface area contributed by atoms with Crippen molar-refractivity contribution in [2.45, 2.75) is 24.4 Å². The molecular formula is C12H18N4O3S. The Morgan fingerprint density at radius 3 is 2.95 bits per heavy atom. The first-order valence-electron chi connectivity index (χ1n) is 6.25. The first kappa shape index (κ1) is 14.8. The van der Waals surface area contributed by atoms with Crippen LogP contribution in [0.3, 0.4) is 0 Å². The average molecular weight is 298 g/mol. The molecule has 20 heavy (non-hydrogen) atoms. The van der Waals surface area contributed by atoms with Crippen LogP contribution in [0.25, 0.3) is 0 Å². The van der Waals surface area contributed by atoms with E-state index in [1.165, 1.54) is 30.0 Å². The Balaban J connectivity index is 2.10. The molecule has 0 unspecified atom stereocenters. The lowest BCUT2D eigenvalue weighted by molar-refractivity contribution is 0.406. The van der Waals surface area contributed by atoms with E-state index in [0.717, 1.165) is 6.42 Å². The van der Waals surface area contributed by atoms with Crippen molar-refractivity contribution in [2.24, 2.45) is 5.73 Å². The van der Waals surface area contributed by atoms with Crippen LogP contribution < -0.4 is 5.73 Å². The summed E-state index contributed by atoms with van der Waals surface area (Å²) in [7, 11) is -2.05. The maximum Gasteiger partial charge on any atom is 0.246 e. The number of nitrogens with two attached hydrogens (primary N) is 1. The number of nitrogens with zero attached hydrogens (tertiary/aromatic N) is 3. The van der Waals surface area contributed by atoms with E-state index in [1.54, 1.807) is 16.8 Å². The molecule has 2 rings (SSSR count). The summed E-state index contributed by atoms with van der Waals surface area (Å²) in [6.07, 6.45) is 5.14. The normalized spacial score (nSPS) is 12.2. The van der Waals surface area contributed by atoms with Gasteiger partial charge < -0.3 is 10.2 Å². The Bertz CT molecular complexity index is 633. The molecule has 2 aromatic heterocycles. The maximum absolute atomic E-state index is 12.4. The van der Waals surface area contributed by atoms with Gasteiger partial charge in [0.25, 0.3) is 0 Å². The van der Waals surface area contributed by atoms with E-state index >= 15 is 0 Å². The van der Waals surface area contributed by atoms with Gasteiger partial charge in [0.15, 0.2) is 0 Å². The van der Waals surface area contributed by atoms with Gasteiger partial charge in [-0.15, -0.1) is 0 Å². The second-order valence-electron chi connectivity index (χ2n) is 4.42. The molecule has 0 aliphatic heterocycles. The Morgan fingerprint density at radius 1 is 1.50 bits per heavy atom. The van der Waals surface area contributed by atoms with Crippen molar-refractivity contribution in [3.05, 3.63) is 36.5 Å². The number of sulfonamides is 1. The molecular weight excluding hydrogens is 280 g/mol. The molecule has 0 saturated heterocycles. The van der Waals surface area contributed by atoms with E-state index in [0.29, 0.717) is 18.8 Å². The molecule has 0 saturated carbocycles. The Kier molecular flexibility index (Phi) is 4.58. The van der Waals surface area contributed by atoms with Crippen molar-refractivity contribution in [1.29, 1.82) is 0 Å². The first-order valence-corrected chi connectivity index (χ1v) is 7.69. The fourth-order valence-corrected chi connectivity index (χ4v) is 2.83. The lowest BCUT2D eigenvalue weighted by Gasteiger charge is -2.14. The highest BCUT2D eigenvalue weighted by Gasteiger charge is 2.23. The molecule has 2 heterocycles. The number of hydrogen-bond donors (Lipinski definition) is 1. The summed E-state index contributed by atoms with van der Waals surface area (Å²) < 4.78 is 32.7. The standard InChI is InChI=1S/C12H18N4O3S/c1-15(9-11-4-2-7-19-11)20(17,18)12-8-14-16(10-12)6-3-5-13/h2,4,7-8,10H,3,5-6,9,13H2,1H3. The topological polar surface area (TPSA) is 94.4 Å². The third-order valence-electron chi connectivity index (χ3n) is 2.87. The third kappa shape index (κ3) is 3.27. The highest BCUT2D eigenvalue weighted by molar-refractivity contribution is 7.89. The molecule has 8 heteroatoms. The van der Waals surface area contributed by atoms with E-state index in [2.05, 4.69) is 5.10 Å². The van der Waals surface area contributed by atoms with Crippen LogP contribution in [0.2, 0.25) is 0 Å². The molecule has 0 amide bonds. The van der Waals surface area contributed by atoms with Gasteiger partial charge in [-0.05, 0) is 25.1 Å². The Labute approximate surface area is 118 Å². The van der Waals surface area contributed by atoms with Crippen LogP contribution in [0.5, 0.6) is 0 Å². The van der Waals surface area contributed by atoms with Gasteiger partial charge in [-0.1, -0.05) is 0 Å². The minimum atomic E-state index is -3.56. The Hall–Kier alpha value is -1.64. The van der Waals surface area contributed by atoms with Crippen LogP contribution in [0.1, 0.15) is 12.2 Å². The fraction of sp³-hybridized carbons (Fsp3) is 0.417. The predicted molar refractivity (Wildman–Crippen MR) is 73.3 cm³/mol. The number of furan rings is 1. The van der Waals surface area contributed by atoms with Crippen LogP contribution in [0, 0.1) is 0 Å². The van der Waals surface area contributed by atoms with Crippen LogP contribution in [0.4, 0.5) is 0 Å². The molecule has 0 spiro atoms. The van der Waals surface area contributed by atoms with Gasteiger partial charge >= 0.3 is 0 Å². The summed E-state index contributed by atoms with van der Waals surface area (Å²) in [6.45, 7) is 1.33. The monoisotopic (exact) mass is 298 g/mol. The van der Waals surface area contributed by atoms with Gasteiger partial charge in [0, 0.05) is 19.8 Å². The number of hydrogen-bond acceptors (Lipinski definition) is 5. The zero-order valence-corrected chi connectivity index (χ0v) is 12.1. The molecule has 0 aromatic carbocycles. The van der Waals surface area contributed by atoms with E-state index in [4.69, 9.17) is 10.2 Å². The molecule has 2 aromatic rings. The fourth-order valence-electron chi connectivity index (χ4n) is 1.74.